The van der Waals surface area contributed by atoms with Crippen LogP contribution in [0.3, 0.4) is 0 Å². The first-order valence-corrected chi connectivity index (χ1v) is 6.41. The summed E-state index contributed by atoms with van der Waals surface area (Å²) in [6.07, 6.45) is 2.85. The summed E-state index contributed by atoms with van der Waals surface area (Å²) in [5.74, 6) is 0. The summed E-state index contributed by atoms with van der Waals surface area (Å²) in [5.41, 5.74) is 1.11. The molecule has 0 aliphatic rings. The van der Waals surface area contributed by atoms with E-state index >= 15 is 0 Å². The lowest BCUT2D eigenvalue weighted by atomic mass is 10.4. The van der Waals surface area contributed by atoms with Gasteiger partial charge in [-0.1, -0.05) is 24.9 Å². The zero-order valence-corrected chi connectivity index (χ0v) is 10.1. The van der Waals surface area contributed by atoms with Gasteiger partial charge in [0.15, 0.2) is 0 Å². The van der Waals surface area contributed by atoms with E-state index in [1.807, 2.05) is 6.92 Å². The molecule has 1 atom stereocenters. The molecule has 0 N–H and O–H groups in total. The Labute approximate surface area is 89.8 Å². The molecule has 0 heterocycles. The third-order valence-corrected chi connectivity index (χ3v) is 2.83. The molecule has 6 heteroatoms. The number of hydrogen-bond donors (Lipinski definition) is 0. The summed E-state index contributed by atoms with van der Waals surface area (Å²) in [4.78, 5) is 0. The van der Waals surface area contributed by atoms with Crippen LogP contribution in [0.5, 0.6) is 0 Å². The summed E-state index contributed by atoms with van der Waals surface area (Å²) >= 11 is 5.23. The molecule has 0 saturated carbocycles. The third kappa shape index (κ3) is 6.44. The van der Waals surface area contributed by atoms with Crippen molar-refractivity contribution in [3.8, 4) is 0 Å². The van der Waals surface area contributed by atoms with Crippen LogP contribution in [0.15, 0.2) is 11.8 Å². The van der Waals surface area contributed by atoms with Crippen LogP contribution in [0, 0.1) is 0 Å². The molecule has 0 radical (unpaired) electrons. The van der Waals surface area contributed by atoms with E-state index in [1.165, 1.54) is 0 Å². The number of phosphoric ester groups is 1. The van der Waals surface area contributed by atoms with Crippen molar-refractivity contribution >= 4 is 19.4 Å². The van der Waals surface area contributed by atoms with Gasteiger partial charge in [0, 0.05) is 5.54 Å². The largest absolute Gasteiger partial charge is 0.529 e. The maximum Gasteiger partial charge on any atom is 0.529 e. The monoisotopic (exact) mass is 242 g/mol. The van der Waals surface area contributed by atoms with Crippen LogP contribution in [0.2, 0.25) is 0 Å². The van der Waals surface area contributed by atoms with E-state index in [-0.39, 0.29) is 6.61 Å². The molecule has 0 saturated heterocycles. The zero-order valence-electron chi connectivity index (χ0n) is 8.44. The van der Waals surface area contributed by atoms with E-state index in [1.54, 1.807) is 6.92 Å². The van der Waals surface area contributed by atoms with Gasteiger partial charge in [0.2, 0.25) is 0 Å². The van der Waals surface area contributed by atoms with Crippen LogP contribution >= 0.6 is 19.4 Å². The highest BCUT2D eigenvalue weighted by molar-refractivity contribution is 7.48. The molecule has 0 aromatic heterocycles. The molecule has 0 aromatic carbocycles. The van der Waals surface area contributed by atoms with Gasteiger partial charge in [-0.2, -0.15) is 0 Å². The van der Waals surface area contributed by atoms with Crippen molar-refractivity contribution in [1.29, 1.82) is 0 Å². The minimum absolute atomic E-state index is 0.263. The molecule has 0 spiro atoms. The van der Waals surface area contributed by atoms with Crippen molar-refractivity contribution in [3.05, 3.63) is 11.8 Å². The lowest BCUT2D eigenvalue weighted by Gasteiger charge is -2.14. The Morgan fingerprint density at radius 1 is 1.36 bits per heavy atom. The van der Waals surface area contributed by atoms with Gasteiger partial charge < -0.3 is 4.52 Å². The average molecular weight is 243 g/mol. The molecule has 0 aliphatic heterocycles. The Kier molecular flexibility index (Phi) is 8.29. The summed E-state index contributed by atoms with van der Waals surface area (Å²) < 4.78 is 26.3. The van der Waals surface area contributed by atoms with Gasteiger partial charge in [-0.3, -0.25) is 9.05 Å². The molecule has 1 unspecified atom stereocenters. The molecular formula is C8H16ClO4P. The smallest absolute Gasteiger partial charge is 0.411 e. The molecule has 14 heavy (non-hydrogen) atoms. The summed E-state index contributed by atoms with van der Waals surface area (Å²) in [6, 6.07) is 0. The minimum atomic E-state index is -3.44. The van der Waals surface area contributed by atoms with E-state index in [0.717, 1.165) is 24.6 Å². The highest BCUT2D eigenvalue weighted by Crippen LogP contribution is 2.49. The standard InChI is InChI=1S/C8H16ClO4P/c1-3-5-7-12-14(10,11-4-2)13-8-6-9/h6,8H,3-5,7H2,1-2H3/b8-6+. The summed E-state index contributed by atoms with van der Waals surface area (Å²) in [6.45, 7) is 4.33. The van der Waals surface area contributed by atoms with Gasteiger partial charge in [0.25, 0.3) is 0 Å². The zero-order chi connectivity index (χ0) is 10.9. The van der Waals surface area contributed by atoms with Crippen molar-refractivity contribution in [2.24, 2.45) is 0 Å². The topological polar surface area (TPSA) is 44.8 Å². The van der Waals surface area contributed by atoms with Crippen molar-refractivity contribution in [2.45, 2.75) is 26.7 Å². The number of rotatable bonds is 8. The SMILES string of the molecule is CCCCOP(=O)(O/C=C/Cl)OCC. The molecule has 0 fully saturated rings. The van der Waals surface area contributed by atoms with Crippen molar-refractivity contribution in [1.82, 2.24) is 0 Å². The van der Waals surface area contributed by atoms with Crippen molar-refractivity contribution in [3.63, 3.8) is 0 Å². The first-order chi connectivity index (χ1) is 6.68. The van der Waals surface area contributed by atoms with Gasteiger partial charge in [0.1, 0.15) is 6.26 Å². The fraction of sp³-hybridized carbons (Fsp3) is 0.750. The molecular weight excluding hydrogens is 227 g/mol. The quantitative estimate of drug-likeness (QED) is 0.370. The second-order valence-corrected chi connectivity index (χ2v) is 4.29. The second kappa shape index (κ2) is 8.30. The summed E-state index contributed by atoms with van der Waals surface area (Å²) in [5, 5.41) is 0. The first kappa shape index (κ1) is 14.0. The maximum absolute atomic E-state index is 11.7. The van der Waals surface area contributed by atoms with Crippen LogP contribution in [-0.2, 0) is 18.1 Å². The van der Waals surface area contributed by atoms with E-state index < -0.39 is 7.82 Å². The van der Waals surface area contributed by atoms with Gasteiger partial charge in [-0.05, 0) is 13.3 Å². The van der Waals surface area contributed by atoms with E-state index in [9.17, 15) is 4.57 Å². The number of unbranched alkanes of at least 4 members (excludes halogenated alkanes) is 1. The lowest BCUT2D eigenvalue weighted by Crippen LogP contribution is -1.98. The number of hydrogen-bond acceptors (Lipinski definition) is 4. The lowest BCUT2D eigenvalue weighted by molar-refractivity contribution is 0.146. The van der Waals surface area contributed by atoms with Gasteiger partial charge in [-0.25, -0.2) is 4.57 Å². The summed E-state index contributed by atoms with van der Waals surface area (Å²) in [7, 11) is -3.44. The molecule has 0 aliphatic carbocycles. The molecule has 0 amide bonds. The van der Waals surface area contributed by atoms with Crippen molar-refractivity contribution in [2.75, 3.05) is 13.2 Å². The van der Waals surface area contributed by atoms with Crippen LogP contribution in [0.4, 0.5) is 0 Å². The van der Waals surface area contributed by atoms with Gasteiger partial charge in [-0.15, -0.1) is 0 Å². The molecule has 0 bridgehead atoms. The predicted molar refractivity (Wildman–Crippen MR) is 56.2 cm³/mol. The second-order valence-electron chi connectivity index (χ2n) is 2.42. The fourth-order valence-corrected chi connectivity index (χ4v) is 1.87. The van der Waals surface area contributed by atoms with Gasteiger partial charge in [0.05, 0.1) is 13.2 Å². The minimum Gasteiger partial charge on any atom is -0.411 e. The highest BCUT2D eigenvalue weighted by Gasteiger charge is 2.25. The average Bonchev–Trinajstić information content (AvgIpc) is 2.16. The third-order valence-electron chi connectivity index (χ3n) is 1.28. The highest BCUT2D eigenvalue weighted by atomic mass is 35.5. The van der Waals surface area contributed by atoms with Crippen LogP contribution < -0.4 is 0 Å². The Balaban J connectivity index is 4.02. The normalized spacial score (nSPS) is 15.6. The van der Waals surface area contributed by atoms with Crippen LogP contribution in [0.25, 0.3) is 0 Å². The van der Waals surface area contributed by atoms with Crippen molar-refractivity contribution < 1.29 is 18.1 Å². The Morgan fingerprint density at radius 2 is 2.07 bits per heavy atom. The molecule has 0 rings (SSSR count). The van der Waals surface area contributed by atoms with E-state index in [0.29, 0.717) is 6.61 Å². The molecule has 4 nitrogen and oxygen atoms in total. The Morgan fingerprint density at radius 3 is 2.57 bits per heavy atom. The maximum atomic E-state index is 11.7. The van der Waals surface area contributed by atoms with Crippen LogP contribution in [-0.4, -0.2) is 13.2 Å². The molecule has 84 valence electrons. The fourth-order valence-electron chi connectivity index (χ4n) is 0.674. The molecule has 0 aromatic rings. The number of halogens is 1. The number of phosphoric acid groups is 1. The van der Waals surface area contributed by atoms with Crippen LogP contribution in [0.1, 0.15) is 26.7 Å². The Bertz CT molecular complexity index is 208. The van der Waals surface area contributed by atoms with E-state index in [4.69, 9.17) is 25.2 Å². The Hall–Kier alpha value is -0.0200. The van der Waals surface area contributed by atoms with E-state index in [2.05, 4.69) is 0 Å². The van der Waals surface area contributed by atoms with Gasteiger partial charge >= 0.3 is 7.82 Å². The predicted octanol–water partition coefficient (Wildman–Crippen LogP) is 3.67. The first-order valence-electron chi connectivity index (χ1n) is 4.51.